The lowest BCUT2D eigenvalue weighted by molar-refractivity contribution is 0.0414. The van der Waals surface area contributed by atoms with E-state index in [4.69, 9.17) is 18.9 Å². The molecule has 0 unspecified atom stereocenters. The summed E-state index contributed by atoms with van der Waals surface area (Å²) in [5.41, 5.74) is 2.43. The second kappa shape index (κ2) is 9.92. The summed E-state index contributed by atoms with van der Waals surface area (Å²) in [6, 6.07) is 16.7. The molecule has 8 nitrogen and oxygen atoms in total. The van der Waals surface area contributed by atoms with Crippen molar-refractivity contribution in [3.05, 3.63) is 69.5 Å². The van der Waals surface area contributed by atoms with Gasteiger partial charge in [-0.2, -0.15) is 0 Å². The van der Waals surface area contributed by atoms with E-state index < -0.39 is 5.63 Å². The fourth-order valence-electron chi connectivity index (χ4n) is 3.81. The van der Waals surface area contributed by atoms with E-state index in [1.807, 2.05) is 36.4 Å². The number of fused-ring (bicyclic) bond motifs is 1. The van der Waals surface area contributed by atoms with Crippen molar-refractivity contribution >= 4 is 32.8 Å². The molecule has 1 saturated heterocycles. The van der Waals surface area contributed by atoms with E-state index in [1.165, 1.54) is 0 Å². The molecule has 2 aromatic carbocycles. The molecule has 0 bridgehead atoms. The van der Waals surface area contributed by atoms with Crippen molar-refractivity contribution in [2.24, 2.45) is 0 Å². The Labute approximate surface area is 204 Å². The summed E-state index contributed by atoms with van der Waals surface area (Å²) in [5, 5.41) is 4.11. The van der Waals surface area contributed by atoms with E-state index in [1.54, 1.807) is 25.3 Å². The van der Waals surface area contributed by atoms with Gasteiger partial charge in [0.25, 0.3) is 0 Å². The highest BCUT2D eigenvalue weighted by Gasteiger charge is 2.16. The summed E-state index contributed by atoms with van der Waals surface area (Å²) >= 11 is 3.48. The lowest BCUT2D eigenvalue weighted by Gasteiger charge is -2.26. The van der Waals surface area contributed by atoms with Gasteiger partial charge in [-0.15, -0.1) is 0 Å². The molecule has 0 radical (unpaired) electrons. The molecule has 1 aliphatic heterocycles. The maximum atomic E-state index is 12.9. The molecule has 2 aromatic heterocycles. The smallest absolute Gasteiger partial charge is 0.345 e. The Hall–Kier alpha value is -3.27. The van der Waals surface area contributed by atoms with E-state index in [0.717, 1.165) is 34.3 Å². The average Bonchev–Trinajstić information content (AvgIpc) is 2.88. The Kier molecular flexibility index (Phi) is 6.57. The van der Waals surface area contributed by atoms with Gasteiger partial charge in [-0.25, -0.2) is 14.8 Å². The Morgan fingerprint density at radius 2 is 1.88 bits per heavy atom. The number of halogens is 1. The van der Waals surface area contributed by atoms with Crippen LogP contribution in [0.2, 0.25) is 0 Å². The SMILES string of the molecule is COc1cccc(-c2cc(-c3cc4cc(Br)ccc4oc3=O)nc(NCN3CCOCC3)n2)c1. The number of morpholine rings is 1. The van der Waals surface area contributed by atoms with Gasteiger partial charge >= 0.3 is 5.63 Å². The molecular weight excluding hydrogens is 500 g/mol. The van der Waals surface area contributed by atoms with E-state index >= 15 is 0 Å². The van der Waals surface area contributed by atoms with Crippen molar-refractivity contribution in [2.45, 2.75) is 0 Å². The molecule has 1 fully saturated rings. The van der Waals surface area contributed by atoms with Crippen LogP contribution >= 0.6 is 15.9 Å². The van der Waals surface area contributed by atoms with Gasteiger partial charge < -0.3 is 19.2 Å². The third-order valence-electron chi connectivity index (χ3n) is 5.63. The Morgan fingerprint density at radius 1 is 1.06 bits per heavy atom. The molecule has 1 aliphatic rings. The minimum atomic E-state index is -0.454. The van der Waals surface area contributed by atoms with Crippen molar-refractivity contribution in [1.82, 2.24) is 14.9 Å². The van der Waals surface area contributed by atoms with E-state index in [9.17, 15) is 4.79 Å². The van der Waals surface area contributed by atoms with Gasteiger partial charge in [0.15, 0.2) is 0 Å². The average molecular weight is 523 g/mol. The Balaban J connectivity index is 1.58. The summed E-state index contributed by atoms with van der Waals surface area (Å²) < 4.78 is 17.3. The summed E-state index contributed by atoms with van der Waals surface area (Å²) in [6.07, 6.45) is 0. The number of nitrogens with zero attached hydrogens (tertiary/aromatic N) is 3. The van der Waals surface area contributed by atoms with Crippen molar-refractivity contribution in [1.29, 1.82) is 0 Å². The van der Waals surface area contributed by atoms with Gasteiger partial charge in [0.2, 0.25) is 5.95 Å². The molecule has 34 heavy (non-hydrogen) atoms. The first-order valence-electron chi connectivity index (χ1n) is 10.9. The highest BCUT2D eigenvalue weighted by Crippen LogP contribution is 2.28. The van der Waals surface area contributed by atoms with Crippen molar-refractivity contribution < 1.29 is 13.9 Å². The molecule has 1 N–H and O–H groups in total. The van der Waals surface area contributed by atoms with Crippen LogP contribution in [-0.4, -0.2) is 54.9 Å². The zero-order chi connectivity index (χ0) is 23.5. The number of ether oxygens (including phenoxy) is 2. The maximum Gasteiger partial charge on any atom is 0.345 e. The molecule has 174 valence electrons. The molecule has 0 atom stereocenters. The number of hydrogen-bond acceptors (Lipinski definition) is 8. The molecule has 0 spiro atoms. The van der Waals surface area contributed by atoms with Crippen LogP contribution in [0.25, 0.3) is 33.5 Å². The number of hydrogen-bond donors (Lipinski definition) is 1. The van der Waals surface area contributed by atoms with Crippen LogP contribution in [0.3, 0.4) is 0 Å². The summed E-state index contributed by atoms with van der Waals surface area (Å²) in [7, 11) is 1.62. The van der Waals surface area contributed by atoms with Crippen LogP contribution in [0.4, 0.5) is 5.95 Å². The van der Waals surface area contributed by atoms with E-state index in [0.29, 0.717) is 48.4 Å². The third-order valence-corrected chi connectivity index (χ3v) is 6.12. The summed E-state index contributed by atoms with van der Waals surface area (Å²) in [5.74, 6) is 1.14. The predicted octanol–water partition coefficient (Wildman–Crippen LogP) is 4.39. The number of anilines is 1. The van der Waals surface area contributed by atoms with Gasteiger partial charge in [0.05, 0.1) is 43.9 Å². The first-order chi connectivity index (χ1) is 16.6. The molecule has 3 heterocycles. The normalized spacial score (nSPS) is 14.3. The number of rotatable bonds is 6. The lowest BCUT2D eigenvalue weighted by Crippen LogP contribution is -2.39. The standard InChI is InChI=1S/C25H23BrN4O4/c1-32-19-4-2-3-16(12-19)21-14-22(29-25(28-21)27-15-30-7-9-33-10-8-30)20-13-17-11-18(26)5-6-23(17)34-24(20)31/h2-6,11-14H,7-10,15H2,1H3,(H,27,28,29). The second-order valence-electron chi connectivity index (χ2n) is 7.89. The van der Waals surface area contributed by atoms with Crippen molar-refractivity contribution in [3.63, 3.8) is 0 Å². The van der Waals surface area contributed by atoms with Gasteiger partial charge in [-0.05, 0) is 42.5 Å². The van der Waals surface area contributed by atoms with Crippen molar-refractivity contribution in [2.75, 3.05) is 45.4 Å². The highest BCUT2D eigenvalue weighted by molar-refractivity contribution is 9.10. The first kappa shape index (κ1) is 22.5. The number of aromatic nitrogens is 2. The molecule has 0 aliphatic carbocycles. The zero-order valence-corrected chi connectivity index (χ0v) is 20.2. The monoisotopic (exact) mass is 522 g/mol. The minimum absolute atomic E-state index is 0.367. The van der Waals surface area contributed by atoms with Crippen LogP contribution < -0.4 is 15.7 Å². The summed E-state index contributed by atoms with van der Waals surface area (Å²) in [4.78, 5) is 24.5. The molecule has 0 saturated carbocycles. The topological polar surface area (TPSA) is 89.7 Å². The Bertz CT molecular complexity index is 1390. The fraction of sp³-hybridized carbons (Fsp3) is 0.240. The van der Waals surface area contributed by atoms with Crippen LogP contribution in [0.15, 0.2) is 68.3 Å². The predicted molar refractivity (Wildman–Crippen MR) is 134 cm³/mol. The van der Waals surface area contributed by atoms with Crippen LogP contribution in [0, 0.1) is 0 Å². The second-order valence-corrected chi connectivity index (χ2v) is 8.80. The molecule has 9 heteroatoms. The molecule has 5 rings (SSSR count). The minimum Gasteiger partial charge on any atom is -0.497 e. The van der Waals surface area contributed by atoms with E-state index in [2.05, 4.69) is 31.1 Å². The molecule has 4 aromatic rings. The maximum absolute atomic E-state index is 12.9. The van der Waals surface area contributed by atoms with Crippen LogP contribution in [0.1, 0.15) is 0 Å². The highest BCUT2D eigenvalue weighted by atomic mass is 79.9. The Morgan fingerprint density at radius 3 is 2.71 bits per heavy atom. The third kappa shape index (κ3) is 4.96. The molecule has 0 amide bonds. The first-order valence-corrected chi connectivity index (χ1v) is 11.7. The number of nitrogens with one attached hydrogen (secondary N) is 1. The quantitative estimate of drug-likeness (QED) is 0.373. The number of methoxy groups -OCH3 is 1. The van der Waals surface area contributed by atoms with Crippen molar-refractivity contribution in [3.8, 4) is 28.3 Å². The van der Waals surface area contributed by atoms with Gasteiger partial charge in [-0.3, -0.25) is 4.90 Å². The summed E-state index contributed by atoms with van der Waals surface area (Å²) in [6.45, 7) is 3.64. The van der Waals surface area contributed by atoms with Gasteiger partial charge in [0.1, 0.15) is 11.3 Å². The van der Waals surface area contributed by atoms with Crippen LogP contribution in [-0.2, 0) is 4.74 Å². The van der Waals surface area contributed by atoms with E-state index in [-0.39, 0.29) is 0 Å². The zero-order valence-electron chi connectivity index (χ0n) is 18.6. The van der Waals surface area contributed by atoms with Gasteiger partial charge in [0, 0.05) is 28.5 Å². The molecular formula is C25H23BrN4O4. The largest absolute Gasteiger partial charge is 0.497 e. The van der Waals surface area contributed by atoms with Gasteiger partial charge in [-0.1, -0.05) is 28.1 Å². The fourth-order valence-corrected chi connectivity index (χ4v) is 4.19. The lowest BCUT2D eigenvalue weighted by atomic mass is 10.1. The van der Waals surface area contributed by atoms with Crippen LogP contribution in [0.5, 0.6) is 5.75 Å². The number of benzene rings is 2.